The fraction of sp³-hybridized carbons (Fsp3) is 0.667. The number of hydrogen-bond donors (Lipinski definition) is 1. The molecule has 0 bridgehead atoms. The second-order valence-electron chi connectivity index (χ2n) is 6.44. The van der Waals surface area contributed by atoms with Crippen LogP contribution in [0.1, 0.15) is 47.8 Å². The Morgan fingerprint density at radius 3 is 2.61 bits per heavy atom. The molecule has 1 aliphatic carbocycles. The van der Waals surface area contributed by atoms with Gasteiger partial charge in [0.2, 0.25) is 10.0 Å². The molecule has 3 rings (SSSR count). The maximum absolute atomic E-state index is 12.1. The summed E-state index contributed by atoms with van der Waals surface area (Å²) in [6, 6.07) is 0. The number of rotatable bonds is 5. The number of hydrogen-bond acceptors (Lipinski definition) is 5. The zero-order chi connectivity index (χ0) is 16.4. The van der Waals surface area contributed by atoms with Gasteiger partial charge in [0.05, 0.1) is 11.8 Å². The molecule has 1 amide bonds. The molecular formula is C15H22N4O3S. The number of amides is 1. The van der Waals surface area contributed by atoms with Gasteiger partial charge in [0, 0.05) is 37.9 Å². The van der Waals surface area contributed by atoms with E-state index in [4.69, 9.17) is 0 Å². The van der Waals surface area contributed by atoms with Crippen molar-refractivity contribution in [3.05, 3.63) is 23.8 Å². The first-order valence-electron chi connectivity index (χ1n) is 7.99. The monoisotopic (exact) mass is 338 g/mol. The SMILES string of the molecule is CS(=O)(=O)N1CCC[C@H](CNC(=O)c2cnc(C3CC3)nc2)C1. The Morgan fingerprint density at radius 1 is 1.30 bits per heavy atom. The Balaban J connectivity index is 1.52. The highest BCUT2D eigenvalue weighted by molar-refractivity contribution is 7.88. The van der Waals surface area contributed by atoms with Crippen molar-refractivity contribution < 1.29 is 13.2 Å². The van der Waals surface area contributed by atoms with E-state index in [2.05, 4.69) is 15.3 Å². The Labute approximate surface area is 136 Å². The van der Waals surface area contributed by atoms with Crippen LogP contribution < -0.4 is 5.32 Å². The standard InChI is InChI=1S/C15H22N4O3S/c1-23(21,22)19-6-2-3-11(10-19)7-18-15(20)13-8-16-14(17-9-13)12-4-5-12/h8-9,11-12H,2-7,10H2,1H3,(H,18,20)/t11-/m1/s1. The number of carbonyl (C=O) groups excluding carboxylic acids is 1. The van der Waals surface area contributed by atoms with Gasteiger partial charge < -0.3 is 5.32 Å². The molecule has 126 valence electrons. The third-order valence-electron chi connectivity index (χ3n) is 4.38. The van der Waals surface area contributed by atoms with Crippen molar-refractivity contribution in [1.29, 1.82) is 0 Å². The molecule has 1 saturated heterocycles. The molecule has 1 aliphatic heterocycles. The second kappa shape index (κ2) is 6.52. The lowest BCUT2D eigenvalue weighted by atomic mass is 9.99. The van der Waals surface area contributed by atoms with Crippen LogP contribution in [0.4, 0.5) is 0 Å². The average Bonchev–Trinajstić information content (AvgIpc) is 3.37. The molecule has 2 fully saturated rings. The van der Waals surface area contributed by atoms with E-state index in [0.717, 1.165) is 31.5 Å². The zero-order valence-electron chi connectivity index (χ0n) is 13.2. The first kappa shape index (κ1) is 16.3. The molecule has 1 aromatic rings. The van der Waals surface area contributed by atoms with Crippen LogP contribution in [0, 0.1) is 5.92 Å². The fourth-order valence-corrected chi connectivity index (χ4v) is 3.78. The van der Waals surface area contributed by atoms with Gasteiger partial charge in [-0.05, 0) is 31.6 Å². The summed E-state index contributed by atoms with van der Waals surface area (Å²) in [5.41, 5.74) is 0.449. The highest BCUT2D eigenvalue weighted by Crippen LogP contribution is 2.37. The van der Waals surface area contributed by atoms with Gasteiger partial charge in [-0.25, -0.2) is 22.7 Å². The molecule has 0 spiro atoms. The molecule has 2 heterocycles. The summed E-state index contributed by atoms with van der Waals surface area (Å²) in [6.07, 6.45) is 8.37. The number of piperidine rings is 1. The van der Waals surface area contributed by atoms with E-state index in [1.807, 2.05) is 0 Å². The van der Waals surface area contributed by atoms with Gasteiger partial charge in [0.15, 0.2) is 0 Å². The van der Waals surface area contributed by atoms with E-state index in [-0.39, 0.29) is 11.8 Å². The van der Waals surface area contributed by atoms with Gasteiger partial charge in [0.1, 0.15) is 5.82 Å². The van der Waals surface area contributed by atoms with Gasteiger partial charge in [-0.2, -0.15) is 0 Å². The van der Waals surface area contributed by atoms with Crippen LogP contribution in [-0.2, 0) is 10.0 Å². The average molecular weight is 338 g/mol. The third kappa shape index (κ3) is 4.26. The van der Waals surface area contributed by atoms with Crippen LogP contribution in [0.25, 0.3) is 0 Å². The quantitative estimate of drug-likeness (QED) is 0.855. The van der Waals surface area contributed by atoms with E-state index in [1.54, 1.807) is 12.4 Å². The molecule has 0 radical (unpaired) electrons. The molecule has 0 unspecified atom stereocenters. The smallest absolute Gasteiger partial charge is 0.254 e. The number of aromatic nitrogens is 2. The number of nitrogens with one attached hydrogen (secondary N) is 1. The van der Waals surface area contributed by atoms with Gasteiger partial charge >= 0.3 is 0 Å². The van der Waals surface area contributed by atoms with Crippen molar-refractivity contribution in [2.75, 3.05) is 25.9 Å². The van der Waals surface area contributed by atoms with Crippen molar-refractivity contribution in [3.63, 3.8) is 0 Å². The minimum atomic E-state index is -3.16. The van der Waals surface area contributed by atoms with Crippen LogP contribution in [-0.4, -0.2) is 54.5 Å². The number of nitrogens with zero attached hydrogens (tertiary/aromatic N) is 3. The predicted molar refractivity (Wildman–Crippen MR) is 85.5 cm³/mol. The predicted octanol–water partition coefficient (Wildman–Crippen LogP) is 0.755. The molecule has 1 N–H and O–H groups in total. The van der Waals surface area contributed by atoms with Crippen molar-refractivity contribution in [2.45, 2.75) is 31.6 Å². The lowest BCUT2D eigenvalue weighted by Gasteiger charge is -2.30. The van der Waals surface area contributed by atoms with Crippen LogP contribution in [0.15, 0.2) is 12.4 Å². The van der Waals surface area contributed by atoms with Gasteiger partial charge in [-0.15, -0.1) is 0 Å². The van der Waals surface area contributed by atoms with Gasteiger partial charge in [0.25, 0.3) is 5.91 Å². The summed E-state index contributed by atoms with van der Waals surface area (Å²) in [4.78, 5) is 20.6. The van der Waals surface area contributed by atoms with Crippen molar-refractivity contribution in [2.24, 2.45) is 5.92 Å². The van der Waals surface area contributed by atoms with Gasteiger partial charge in [-0.3, -0.25) is 4.79 Å². The summed E-state index contributed by atoms with van der Waals surface area (Å²) in [5, 5.41) is 2.86. The molecule has 1 atom stereocenters. The summed E-state index contributed by atoms with van der Waals surface area (Å²) in [5.74, 6) is 1.23. The molecule has 7 nitrogen and oxygen atoms in total. The van der Waals surface area contributed by atoms with Crippen molar-refractivity contribution >= 4 is 15.9 Å². The van der Waals surface area contributed by atoms with Crippen molar-refractivity contribution in [1.82, 2.24) is 19.6 Å². The Bertz CT molecular complexity index is 670. The maximum atomic E-state index is 12.1. The van der Waals surface area contributed by atoms with Crippen LogP contribution >= 0.6 is 0 Å². The molecule has 0 aromatic carbocycles. The topological polar surface area (TPSA) is 92.3 Å². The molecule has 1 aromatic heterocycles. The summed E-state index contributed by atoms with van der Waals surface area (Å²) in [7, 11) is -3.16. The van der Waals surface area contributed by atoms with E-state index in [1.165, 1.54) is 10.6 Å². The molecule has 1 saturated carbocycles. The van der Waals surface area contributed by atoms with Crippen molar-refractivity contribution in [3.8, 4) is 0 Å². The summed E-state index contributed by atoms with van der Waals surface area (Å²) in [6.45, 7) is 1.51. The Morgan fingerprint density at radius 2 is 2.00 bits per heavy atom. The Kier molecular flexibility index (Phi) is 4.63. The first-order chi connectivity index (χ1) is 10.9. The second-order valence-corrected chi connectivity index (χ2v) is 8.43. The summed E-state index contributed by atoms with van der Waals surface area (Å²) >= 11 is 0. The molecular weight excluding hydrogens is 316 g/mol. The Hall–Kier alpha value is -1.54. The lowest BCUT2D eigenvalue weighted by molar-refractivity contribution is 0.0940. The zero-order valence-corrected chi connectivity index (χ0v) is 14.1. The van der Waals surface area contributed by atoms with Crippen LogP contribution in [0.5, 0.6) is 0 Å². The van der Waals surface area contributed by atoms with E-state index in [9.17, 15) is 13.2 Å². The van der Waals surface area contributed by atoms with Gasteiger partial charge in [-0.1, -0.05) is 0 Å². The highest BCUT2D eigenvalue weighted by atomic mass is 32.2. The highest BCUT2D eigenvalue weighted by Gasteiger charge is 2.27. The largest absolute Gasteiger partial charge is 0.352 e. The van der Waals surface area contributed by atoms with Crippen LogP contribution in [0.2, 0.25) is 0 Å². The molecule has 8 heteroatoms. The molecule has 23 heavy (non-hydrogen) atoms. The minimum absolute atomic E-state index is 0.147. The number of carbonyl (C=O) groups is 1. The minimum Gasteiger partial charge on any atom is -0.352 e. The molecule has 2 aliphatic rings. The third-order valence-corrected chi connectivity index (χ3v) is 5.65. The normalized spacial score (nSPS) is 22.7. The van der Waals surface area contributed by atoms with E-state index >= 15 is 0 Å². The lowest BCUT2D eigenvalue weighted by Crippen LogP contribution is -2.43. The van der Waals surface area contributed by atoms with E-state index < -0.39 is 10.0 Å². The number of sulfonamides is 1. The van der Waals surface area contributed by atoms with Crippen LogP contribution in [0.3, 0.4) is 0 Å². The first-order valence-corrected chi connectivity index (χ1v) is 9.83. The summed E-state index contributed by atoms with van der Waals surface area (Å²) < 4.78 is 24.7. The fourth-order valence-electron chi connectivity index (χ4n) is 2.84. The maximum Gasteiger partial charge on any atom is 0.254 e. The van der Waals surface area contributed by atoms with E-state index in [0.29, 0.717) is 31.1 Å².